The van der Waals surface area contributed by atoms with Gasteiger partial charge in [-0.3, -0.25) is 4.79 Å². The lowest BCUT2D eigenvalue weighted by molar-refractivity contribution is 0.0300. The molecule has 2 rings (SSSR count). The molecule has 18 heavy (non-hydrogen) atoms. The van der Waals surface area contributed by atoms with Gasteiger partial charge in [0.25, 0.3) is 5.91 Å². The van der Waals surface area contributed by atoms with E-state index in [9.17, 15) is 9.18 Å². The maximum Gasteiger partial charge on any atom is 0.256 e. The summed E-state index contributed by atoms with van der Waals surface area (Å²) < 4.78 is 19.3. The summed E-state index contributed by atoms with van der Waals surface area (Å²) in [4.78, 5) is 13.6. The molecule has 0 radical (unpaired) electrons. The van der Waals surface area contributed by atoms with Gasteiger partial charge in [0.05, 0.1) is 18.8 Å². The third-order valence-corrected chi connectivity index (χ3v) is 2.95. The molecule has 1 saturated heterocycles. The van der Waals surface area contributed by atoms with E-state index in [1.54, 1.807) is 11.0 Å². The molecule has 0 aliphatic carbocycles. The van der Waals surface area contributed by atoms with Crippen LogP contribution >= 0.6 is 15.9 Å². The van der Waals surface area contributed by atoms with Crippen molar-refractivity contribution in [2.45, 2.75) is 13.8 Å². The molecular formula is C13H17BrFNO2. The minimum absolute atomic E-state index is 0.116. The fourth-order valence-corrected chi connectivity index (χ4v) is 1.93. The fourth-order valence-electron chi connectivity index (χ4n) is 1.60. The smallest absolute Gasteiger partial charge is 0.256 e. The van der Waals surface area contributed by atoms with Crippen molar-refractivity contribution in [2.24, 2.45) is 0 Å². The molecule has 1 fully saturated rings. The van der Waals surface area contributed by atoms with Crippen LogP contribution < -0.4 is 0 Å². The molecule has 1 aromatic carbocycles. The molecule has 3 nitrogen and oxygen atoms in total. The Morgan fingerprint density at radius 2 is 1.94 bits per heavy atom. The summed E-state index contributed by atoms with van der Waals surface area (Å²) in [5.41, 5.74) is 0.116. The average molecular weight is 318 g/mol. The molecule has 0 spiro atoms. The third kappa shape index (κ3) is 3.78. The molecule has 5 heteroatoms. The van der Waals surface area contributed by atoms with Crippen molar-refractivity contribution in [2.75, 3.05) is 26.3 Å². The number of carbonyl (C=O) groups is 1. The van der Waals surface area contributed by atoms with Crippen LogP contribution in [-0.4, -0.2) is 37.1 Å². The number of hydrogen-bond donors (Lipinski definition) is 0. The zero-order valence-electron chi connectivity index (χ0n) is 10.6. The van der Waals surface area contributed by atoms with Gasteiger partial charge in [0.1, 0.15) is 5.82 Å². The van der Waals surface area contributed by atoms with E-state index in [0.29, 0.717) is 30.8 Å². The van der Waals surface area contributed by atoms with E-state index in [4.69, 9.17) is 4.74 Å². The predicted octanol–water partition coefficient (Wildman–Crippen LogP) is 3.09. The SMILES string of the molecule is CC.O=C(c1ccc(Br)cc1F)N1CCOCC1. The minimum Gasteiger partial charge on any atom is -0.378 e. The number of halogens is 2. The summed E-state index contributed by atoms with van der Waals surface area (Å²) in [6, 6.07) is 4.46. The van der Waals surface area contributed by atoms with E-state index in [2.05, 4.69) is 15.9 Å². The molecule has 100 valence electrons. The molecule has 1 heterocycles. The van der Waals surface area contributed by atoms with Gasteiger partial charge in [-0.1, -0.05) is 29.8 Å². The second-order valence-corrected chi connectivity index (χ2v) is 4.44. The van der Waals surface area contributed by atoms with Crippen molar-refractivity contribution in [3.05, 3.63) is 34.1 Å². The second-order valence-electron chi connectivity index (χ2n) is 3.53. The Hall–Kier alpha value is -0.940. The summed E-state index contributed by atoms with van der Waals surface area (Å²) in [5.74, 6) is -0.765. The summed E-state index contributed by atoms with van der Waals surface area (Å²) in [6.45, 7) is 6.08. The van der Waals surface area contributed by atoms with Crippen LogP contribution in [0.1, 0.15) is 24.2 Å². The second kappa shape index (κ2) is 7.48. The Labute approximate surface area is 115 Å². The Balaban J connectivity index is 0.000000771. The summed E-state index contributed by atoms with van der Waals surface area (Å²) in [6.07, 6.45) is 0. The highest BCUT2D eigenvalue weighted by Crippen LogP contribution is 2.17. The Kier molecular flexibility index (Phi) is 6.29. The van der Waals surface area contributed by atoms with Crippen LogP contribution in [0, 0.1) is 5.82 Å². The number of morpholine rings is 1. The van der Waals surface area contributed by atoms with Crippen molar-refractivity contribution in [3.63, 3.8) is 0 Å². The Morgan fingerprint density at radius 1 is 1.33 bits per heavy atom. The normalized spacial score (nSPS) is 14.8. The number of ether oxygens (including phenoxy) is 1. The van der Waals surface area contributed by atoms with Gasteiger partial charge in [-0.05, 0) is 18.2 Å². The highest BCUT2D eigenvalue weighted by atomic mass is 79.9. The zero-order chi connectivity index (χ0) is 13.5. The van der Waals surface area contributed by atoms with Gasteiger partial charge in [-0.2, -0.15) is 0 Å². The van der Waals surface area contributed by atoms with Crippen molar-refractivity contribution >= 4 is 21.8 Å². The first-order valence-corrected chi connectivity index (χ1v) is 6.80. The molecule has 1 aliphatic rings. The van der Waals surface area contributed by atoms with Gasteiger partial charge in [-0.25, -0.2) is 4.39 Å². The van der Waals surface area contributed by atoms with E-state index in [1.807, 2.05) is 13.8 Å². The summed E-state index contributed by atoms with van der Waals surface area (Å²) in [7, 11) is 0. The van der Waals surface area contributed by atoms with Gasteiger partial charge >= 0.3 is 0 Å². The highest BCUT2D eigenvalue weighted by molar-refractivity contribution is 9.10. The van der Waals surface area contributed by atoms with Gasteiger partial charge in [0, 0.05) is 17.6 Å². The highest BCUT2D eigenvalue weighted by Gasteiger charge is 2.21. The lowest BCUT2D eigenvalue weighted by Gasteiger charge is -2.26. The molecule has 0 saturated carbocycles. The van der Waals surface area contributed by atoms with Crippen molar-refractivity contribution in [3.8, 4) is 0 Å². The topological polar surface area (TPSA) is 29.5 Å². The number of rotatable bonds is 1. The molecule has 0 atom stereocenters. The largest absolute Gasteiger partial charge is 0.378 e. The number of amides is 1. The lowest BCUT2D eigenvalue weighted by Crippen LogP contribution is -2.41. The summed E-state index contributed by atoms with van der Waals surface area (Å²) in [5, 5.41) is 0. The van der Waals surface area contributed by atoms with Gasteiger partial charge in [0.2, 0.25) is 0 Å². The molecule has 0 bridgehead atoms. The molecule has 0 unspecified atom stereocenters. The van der Waals surface area contributed by atoms with Gasteiger partial charge in [-0.15, -0.1) is 0 Å². The van der Waals surface area contributed by atoms with Crippen LogP contribution in [0.25, 0.3) is 0 Å². The van der Waals surface area contributed by atoms with E-state index in [0.717, 1.165) is 0 Å². The quantitative estimate of drug-likeness (QED) is 0.796. The number of benzene rings is 1. The van der Waals surface area contributed by atoms with E-state index in [1.165, 1.54) is 12.1 Å². The zero-order valence-corrected chi connectivity index (χ0v) is 12.2. The molecule has 1 aliphatic heterocycles. The van der Waals surface area contributed by atoms with Gasteiger partial charge in [0.15, 0.2) is 0 Å². The first-order chi connectivity index (χ1) is 8.68. The van der Waals surface area contributed by atoms with Crippen LogP contribution in [0.5, 0.6) is 0 Å². The minimum atomic E-state index is -0.495. The number of carbonyl (C=O) groups excluding carboxylic acids is 1. The maximum absolute atomic E-state index is 13.5. The monoisotopic (exact) mass is 317 g/mol. The standard InChI is InChI=1S/C11H11BrFNO2.C2H6/c12-8-1-2-9(10(13)7-8)11(15)14-3-5-16-6-4-14;1-2/h1-2,7H,3-6H2;1-2H3. The molecule has 1 aromatic rings. The van der Waals surface area contributed by atoms with E-state index >= 15 is 0 Å². The lowest BCUT2D eigenvalue weighted by atomic mass is 10.2. The van der Waals surface area contributed by atoms with Crippen molar-refractivity contribution in [1.82, 2.24) is 4.90 Å². The third-order valence-electron chi connectivity index (χ3n) is 2.46. The number of hydrogen-bond acceptors (Lipinski definition) is 2. The number of nitrogens with zero attached hydrogens (tertiary/aromatic N) is 1. The van der Waals surface area contributed by atoms with Crippen LogP contribution in [0.3, 0.4) is 0 Å². The first kappa shape index (κ1) is 15.1. The van der Waals surface area contributed by atoms with E-state index < -0.39 is 5.82 Å². The van der Waals surface area contributed by atoms with Crippen molar-refractivity contribution in [1.29, 1.82) is 0 Å². The molecule has 0 aromatic heterocycles. The van der Waals surface area contributed by atoms with Crippen LogP contribution in [0.4, 0.5) is 4.39 Å². The van der Waals surface area contributed by atoms with Crippen LogP contribution in [0.2, 0.25) is 0 Å². The molecular weight excluding hydrogens is 301 g/mol. The first-order valence-electron chi connectivity index (χ1n) is 6.00. The Morgan fingerprint density at radius 3 is 2.50 bits per heavy atom. The average Bonchev–Trinajstić information content (AvgIpc) is 2.41. The van der Waals surface area contributed by atoms with Crippen LogP contribution in [0.15, 0.2) is 22.7 Å². The van der Waals surface area contributed by atoms with Crippen molar-refractivity contribution < 1.29 is 13.9 Å². The maximum atomic E-state index is 13.5. The van der Waals surface area contributed by atoms with E-state index in [-0.39, 0.29) is 11.5 Å². The van der Waals surface area contributed by atoms with Gasteiger partial charge < -0.3 is 9.64 Å². The Bertz CT molecular complexity index is 406. The molecule has 0 N–H and O–H groups in total. The summed E-state index contributed by atoms with van der Waals surface area (Å²) >= 11 is 3.16. The predicted molar refractivity (Wildman–Crippen MR) is 72.2 cm³/mol. The fraction of sp³-hybridized carbons (Fsp3) is 0.462. The molecule has 1 amide bonds. The van der Waals surface area contributed by atoms with Crippen LogP contribution in [-0.2, 0) is 4.74 Å².